The first kappa shape index (κ1) is 18.8. The monoisotopic (exact) mass is 363 g/mol. The number of carbonyl (C=O) groups is 1. The number of nitrogens with zero attached hydrogens (tertiary/aromatic N) is 1. The number of aliphatic hydroxyl groups excluding tert-OH is 1. The standard InChI is InChI=1S/C19H22ClNO2S/c1-13(19(23)15-7-5-4-6-8-15)21(2)18(22)12-14-9-10-17(24-3)16(20)11-14/h4-11,13,19,23H,12H2,1-3H3/t13?,19-/m0/s1. The largest absolute Gasteiger partial charge is 0.386 e. The van der Waals surface area contributed by atoms with Crippen LogP contribution in [-0.2, 0) is 11.2 Å². The van der Waals surface area contributed by atoms with Crippen molar-refractivity contribution in [2.75, 3.05) is 13.3 Å². The molecule has 128 valence electrons. The van der Waals surface area contributed by atoms with Gasteiger partial charge in [0.15, 0.2) is 0 Å². The number of hydrogen-bond acceptors (Lipinski definition) is 3. The normalized spacial score (nSPS) is 13.4. The number of benzene rings is 2. The van der Waals surface area contributed by atoms with E-state index in [2.05, 4.69) is 0 Å². The average molecular weight is 364 g/mol. The second-order valence-electron chi connectivity index (χ2n) is 5.75. The maximum atomic E-state index is 12.5. The first-order chi connectivity index (χ1) is 11.4. The zero-order valence-corrected chi connectivity index (χ0v) is 15.6. The highest BCUT2D eigenvalue weighted by Crippen LogP contribution is 2.26. The van der Waals surface area contributed by atoms with Gasteiger partial charge < -0.3 is 10.0 Å². The summed E-state index contributed by atoms with van der Waals surface area (Å²) in [6.45, 7) is 1.85. The van der Waals surface area contributed by atoms with E-state index in [0.29, 0.717) is 5.02 Å². The lowest BCUT2D eigenvalue weighted by Gasteiger charge is -2.29. The molecular weight excluding hydrogens is 342 g/mol. The number of likely N-dealkylation sites (N-methyl/N-ethyl adjacent to an activating group) is 1. The summed E-state index contributed by atoms with van der Waals surface area (Å²) in [6.07, 6.45) is 1.51. The third kappa shape index (κ3) is 4.53. The Morgan fingerprint density at radius 1 is 1.25 bits per heavy atom. The summed E-state index contributed by atoms with van der Waals surface area (Å²) in [5, 5.41) is 11.1. The van der Waals surface area contributed by atoms with E-state index in [9.17, 15) is 9.90 Å². The molecule has 0 radical (unpaired) electrons. The van der Waals surface area contributed by atoms with Gasteiger partial charge >= 0.3 is 0 Å². The Labute approximate surface area is 152 Å². The Hall–Kier alpha value is -1.49. The molecule has 1 unspecified atom stereocenters. The van der Waals surface area contributed by atoms with Crippen LogP contribution in [0.1, 0.15) is 24.2 Å². The molecule has 0 heterocycles. The number of rotatable bonds is 6. The fourth-order valence-corrected chi connectivity index (χ4v) is 3.38. The van der Waals surface area contributed by atoms with Gasteiger partial charge in [-0.3, -0.25) is 4.79 Å². The van der Waals surface area contributed by atoms with Gasteiger partial charge in [-0.25, -0.2) is 0 Å². The first-order valence-electron chi connectivity index (χ1n) is 7.75. The van der Waals surface area contributed by atoms with Crippen LogP contribution in [0, 0.1) is 0 Å². The molecule has 0 saturated carbocycles. The summed E-state index contributed by atoms with van der Waals surface area (Å²) in [5.41, 5.74) is 1.67. The second kappa shape index (κ2) is 8.56. The third-order valence-corrected chi connectivity index (χ3v) is 5.39. The van der Waals surface area contributed by atoms with Gasteiger partial charge in [0.1, 0.15) is 0 Å². The van der Waals surface area contributed by atoms with E-state index >= 15 is 0 Å². The van der Waals surface area contributed by atoms with Crippen molar-refractivity contribution in [1.29, 1.82) is 0 Å². The fraction of sp³-hybridized carbons (Fsp3) is 0.316. The van der Waals surface area contributed by atoms with Crippen LogP contribution in [0.15, 0.2) is 53.4 Å². The molecule has 2 rings (SSSR count). The predicted molar refractivity (Wildman–Crippen MR) is 101 cm³/mol. The van der Waals surface area contributed by atoms with Gasteiger partial charge in [-0.05, 0) is 36.4 Å². The maximum Gasteiger partial charge on any atom is 0.227 e. The molecule has 3 nitrogen and oxygen atoms in total. The minimum atomic E-state index is -0.720. The van der Waals surface area contributed by atoms with Crippen LogP contribution in [0.4, 0.5) is 0 Å². The smallest absolute Gasteiger partial charge is 0.227 e. The van der Waals surface area contributed by atoms with E-state index in [1.807, 2.05) is 61.7 Å². The fourth-order valence-electron chi connectivity index (χ4n) is 2.49. The number of halogens is 1. The topological polar surface area (TPSA) is 40.5 Å². The molecule has 0 aliphatic heterocycles. The highest BCUT2D eigenvalue weighted by atomic mass is 35.5. The molecule has 0 bridgehead atoms. The van der Waals surface area contributed by atoms with Crippen LogP contribution in [0.5, 0.6) is 0 Å². The van der Waals surface area contributed by atoms with Crippen molar-refractivity contribution in [3.8, 4) is 0 Å². The van der Waals surface area contributed by atoms with Crippen LogP contribution < -0.4 is 0 Å². The predicted octanol–water partition coefficient (Wildman–Crippen LogP) is 4.18. The van der Waals surface area contributed by atoms with E-state index in [1.165, 1.54) is 0 Å². The zero-order chi connectivity index (χ0) is 17.7. The number of hydrogen-bond donors (Lipinski definition) is 1. The van der Waals surface area contributed by atoms with Crippen molar-refractivity contribution in [3.05, 3.63) is 64.7 Å². The summed E-state index contributed by atoms with van der Waals surface area (Å²) >= 11 is 7.78. The van der Waals surface area contributed by atoms with Crippen molar-refractivity contribution in [2.24, 2.45) is 0 Å². The minimum Gasteiger partial charge on any atom is -0.386 e. The van der Waals surface area contributed by atoms with Crippen molar-refractivity contribution < 1.29 is 9.90 Å². The molecule has 0 aliphatic rings. The van der Waals surface area contributed by atoms with Gasteiger partial charge in [-0.2, -0.15) is 0 Å². The lowest BCUT2D eigenvalue weighted by Crippen LogP contribution is -2.39. The number of carbonyl (C=O) groups excluding carboxylic acids is 1. The maximum absolute atomic E-state index is 12.5. The zero-order valence-electron chi connectivity index (χ0n) is 14.1. The lowest BCUT2D eigenvalue weighted by molar-refractivity contribution is -0.133. The van der Waals surface area contributed by atoms with E-state index in [0.717, 1.165) is 16.0 Å². The number of amides is 1. The third-order valence-electron chi connectivity index (χ3n) is 4.17. The summed E-state index contributed by atoms with van der Waals surface area (Å²) < 4.78 is 0. The summed E-state index contributed by atoms with van der Waals surface area (Å²) in [7, 11) is 1.72. The molecule has 2 aromatic rings. The number of aliphatic hydroxyl groups is 1. The molecule has 0 aromatic heterocycles. The molecule has 2 aromatic carbocycles. The number of thioether (sulfide) groups is 1. The van der Waals surface area contributed by atoms with Crippen molar-refractivity contribution in [1.82, 2.24) is 4.90 Å². The van der Waals surface area contributed by atoms with Crippen molar-refractivity contribution >= 4 is 29.3 Å². The summed E-state index contributed by atoms with van der Waals surface area (Å²) in [6, 6.07) is 14.7. The highest BCUT2D eigenvalue weighted by Gasteiger charge is 2.24. The van der Waals surface area contributed by atoms with Crippen molar-refractivity contribution in [2.45, 2.75) is 30.4 Å². The van der Waals surface area contributed by atoms with Gasteiger partial charge in [0.25, 0.3) is 0 Å². The van der Waals surface area contributed by atoms with Crippen molar-refractivity contribution in [3.63, 3.8) is 0 Å². The molecule has 1 N–H and O–H groups in total. The second-order valence-corrected chi connectivity index (χ2v) is 7.00. The molecule has 2 atom stereocenters. The molecule has 0 fully saturated rings. The first-order valence-corrected chi connectivity index (χ1v) is 9.35. The van der Waals surface area contributed by atoms with Gasteiger partial charge in [0.05, 0.1) is 23.6 Å². The summed E-state index contributed by atoms with van der Waals surface area (Å²) in [5.74, 6) is -0.0505. The quantitative estimate of drug-likeness (QED) is 0.782. The Morgan fingerprint density at radius 2 is 1.92 bits per heavy atom. The van der Waals surface area contributed by atoms with E-state index in [4.69, 9.17) is 11.6 Å². The average Bonchev–Trinajstić information content (AvgIpc) is 2.60. The van der Waals surface area contributed by atoms with Crippen LogP contribution in [0.2, 0.25) is 5.02 Å². The van der Waals surface area contributed by atoms with Crippen LogP contribution in [0.3, 0.4) is 0 Å². The van der Waals surface area contributed by atoms with E-state index < -0.39 is 6.10 Å². The minimum absolute atomic E-state index is 0.0505. The van der Waals surface area contributed by atoms with E-state index in [-0.39, 0.29) is 18.4 Å². The van der Waals surface area contributed by atoms with Crippen LogP contribution in [-0.4, -0.2) is 35.3 Å². The Bertz CT molecular complexity index is 693. The highest BCUT2D eigenvalue weighted by molar-refractivity contribution is 7.98. The van der Waals surface area contributed by atoms with Gasteiger partial charge in [0, 0.05) is 11.9 Å². The van der Waals surface area contributed by atoms with Gasteiger partial charge in [0.2, 0.25) is 5.91 Å². The molecule has 0 saturated heterocycles. The molecular formula is C19H22ClNO2S. The van der Waals surface area contributed by atoms with Gasteiger partial charge in [-0.1, -0.05) is 48.0 Å². The molecule has 24 heavy (non-hydrogen) atoms. The molecule has 5 heteroatoms. The Kier molecular flexibility index (Phi) is 6.72. The summed E-state index contributed by atoms with van der Waals surface area (Å²) in [4.78, 5) is 15.1. The molecule has 1 amide bonds. The van der Waals surface area contributed by atoms with Gasteiger partial charge in [-0.15, -0.1) is 11.8 Å². The Balaban J connectivity index is 2.04. The molecule has 0 aliphatic carbocycles. The lowest BCUT2D eigenvalue weighted by atomic mass is 10.0. The Morgan fingerprint density at radius 3 is 2.50 bits per heavy atom. The van der Waals surface area contributed by atoms with Crippen LogP contribution >= 0.6 is 23.4 Å². The van der Waals surface area contributed by atoms with E-state index in [1.54, 1.807) is 23.7 Å². The molecule has 0 spiro atoms. The SMILES string of the molecule is CSc1ccc(CC(=O)N(C)C(C)[C@H](O)c2ccccc2)cc1Cl. The van der Waals surface area contributed by atoms with Crippen LogP contribution in [0.25, 0.3) is 0 Å².